The van der Waals surface area contributed by atoms with Crippen molar-refractivity contribution in [2.45, 2.75) is 39.2 Å². The molecular weight excluding hydrogens is 194 g/mol. The van der Waals surface area contributed by atoms with Crippen molar-refractivity contribution in [3.63, 3.8) is 0 Å². The zero-order valence-electron chi connectivity index (χ0n) is 9.58. The molecule has 0 radical (unpaired) electrons. The summed E-state index contributed by atoms with van der Waals surface area (Å²) in [5.74, 6) is 0.982. The van der Waals surface area contributed by atoms with Crippen LogP contribution in [-0.2, 0) is 0 Å². The lowest BCUT2D eigenvalue weighted by Crippen LogP contribution is -2.41. The molecule has 0 bridgehead atoms. The van der Waals surface area contributed by atoms with Gasteiger partial charge in [-0.3, -0.25) is 0 Å². The van der Waals surface area contributed by atoms with Crippen molar-refractivity contribution < 1.29 is 5.11 Å². The summed E-state index contributed by atoms with van der Waals surface area (Å²) >= 11 is 4.40. The van der Waals surface area contributed by atoms with Crippen LogP contribution in [0.1, 0.15) is 33.6 Å². The van der Waals surface area contributed by atoms with E-state index in [1.807, 2.05) is 13.8 Å². The maximum absolute atomic E-state index is 9.75. The normalized spacial score (nSPS) is 20.1. The third kappa shape index (κ3) is 3.79. The zero-order valence-corrected chi connectivity index (χ0v) is 10.5. The minimum atomic E-state index is -0.581. The van der Waals surface area contributed by atoms with E-state index in [9.17, 15) is 5.11 Å². The summed E-state index contributed by atoms with van der Waals surface area (Å²) in [5.41, 5.74) is -0.118. The summed E-state index contributed by atoms with van der Waals surface area (Å²) in [6.45, 7) is 8.77. The Morgan fingerprint density at radius 2 is 2.00 bits per heavy atom. The molecule has 84 valence electrons. The minimum Gasteiger partial charge on any atom is -0.389 e. The third-order valence-corrected chi connectivity index (χ3v) is 3.58. The van der Waals surface area contributed by atoms with Crippen molar-refractivity contribution in [1.29, 1.82) is 0 Å². The van der Waals surface area contributed by atoms with Gasteiger partial charge in [0.25, 0.3) is 0 Å². The van der Waals surface area contributed by atoms with Crippen LogP contribution in [0.2, 0.25) is 0 Å². The molecule has 0 unspecified atom stereocenters. The lowest BCUT2D eigenvalue weighted by atomic mass is 10.1. The second kappa shape index (κ2) is 4.42. The fraction of sp³-hybridized carbons (Fsp3) is 1.00. The molecule has 1 aliphatic carbocycles. The van der Waals surface area contributed by atoms with Gasteiger partial charge in [0.1, 0.15) is 0 Å². The first kappa shape index (κ1) is 12.3. The van der Waals surface area contributed by atoms with E-state index < -0.39 is 5.60 Å². The average Bonchev–Trinajstić information content (AvgIpc) is 2.82. The van der Waals surface area contributed by atoms with Crippen molar-refractivity contribution in [2.75, 3.05) is 25.4 Å². The molecule has 0 aromatic heterocycles. The smallest absolute Gasteiger partial charge is 0.0718 e. The van der Waals surface area contributed by atoms with Crippen LogP contribution in [0.4, 0.5) is 0 Å². The summed E-state index contributed by atoms with van der Waals surface area (Å²) < 4.78 is 0. The van der Waals surface area contributed by atoms with Crippen LogP contribution in [0.15, 0.2) is 0 Å². The zero-order chi connectivity index (χ0) is 10.8. The molecule has 1 N–H and O–H groups in total. The van der Waals surface area contributed by atoms with Gasteiger partial charge in [-0.1, -0.05) is 6.92 Å². The highest BCUT2D eigenvalue weighted by Gasteiger charge is 2.42. The van der Waals surface area contributed by atoms with Gasteiger partial charge in [0.2, 0.25) is 0 Å². The number of likely N-dealkylation sites (N-methyl/N-ethyl adjacent to an activating group) is 1. The number of thiol groups is 1. The molecule has 1 saturated carbocycles. The lowest BCUT2D eigenvalue weighted by Gasteiger charge is -2.30. The quantitative estimate of drug-likeness (QED) is 0.663. The Kier molecular flexibility index (Phi) is 3.89. The molecular formula is C11H23NOS. The highest BCUT2D eigenvalue weighted by molar-refractivity contribution is 7.80. The molecule has 0 heterocycles. The monoisotopic (exact) mass is 217 g/mol. The lowest BCUT2D eigenvalue weighted by molar-refractivity contribution is 0.0325. The topological polar surface area (TPSA) is 23.5 Å². The predicted octanol–water partition coefficient (Wildman–Crippen LogP) is 1.79. The molecule has 1 aliphatic rings. The average molecular weight is 217 g/mol. The Labute approximate surface area is 93.1 Å². The maximum atomic E-state index is 9.75. The summed E-state index contributed by atoms with van der Waals surface area (Å²) in [5, 5.41) is 9.75. The highest BCUT2D eigenvalue weighted by Crippen LogP contribution is 2.47. The number of hydrogen-bond acceptors (Lipinski definition) is 3. The summed E-state index contributed by atoms with van der Waals surface area (Å²) in [6.07, 6.45) is 2.61. The van der Waals surface area contributed by atoms with Gasteiger partial charge in [0.05, 0.1) is 5.60 Å². The van der Waals surface area contributed by atoms with Gasteiger partial charge < -0.3 is 10.0 Å². The van der Waals surface area contributed by atoms with Crippen molar-refractivity contribution in [3.8, 4) is 0 Å². The fourth-order valence-electron chi connectivity index (χ4n) is 1.84. The van der Waals surface area contributed by atoms with Crippen LogP contribution < -0.4 is 0 Å². The number of nitrogens with zero attached hydrogens (tertiary/aromatic N) is 1. The van der Waals surface area contributed by atoms with E-state index in [0.29, 0.717) is 5.41 Å². The van der Waals surface area contributed by atoms with E-state index in [4.69, 9.17) is 0 Å². The molecule has 1 rings (SSSR count). The first-order valence-electron chi connectivity index (χ1n) is 5.46. The van der Waals surface area contributed by atoms with E-state index >= 15 is 0 Å². The van der Waals surface area contributed by atoms with Crippen LogP contribution in [0.3, 0.4) is 0 Å². The molecule has 0 aromatic carbocycles. The second-order valence-electron chi connectivity index (χ2n) is 5.27. The summed E-state index contributed by atoms with van der Waals surface area (Å²) in [6, 6.07) is 0. The first-order chi connectivity index (χ1) is 6.41. The molecule has 0 aliphatic heterocycles. The van der Waals surface area contributed by atoms with E-state index in [-0.39, 0.29) is 0 Å². The van der Waals surface area contributed by atoms with Crippen molar-refractivity contribution >= 4 is 12.6 Å². The van der Waals surface area contributed by atoms with Crippen molar-refractivity contribution in [1.82, 2.24) is 4.90 Å². The first-order valence-corrected chi connectivity index (χ1v) is 6.10. The van der Waals surface area contributed by atoms with Crippen molar-refractivity contribution in [2.24, 2.45) is 5.41 Å². The Balaban J connectivity index is 2.39. The van der Waals surface area contributed by atoms with Crippen LogP contribution in [0.25, 0.3) is 0 Å². The van der Waals surface area contributed by atoms with E-state index in [1.54, 1.807) is 0 Å². The molecule has 0 aromatic rings. The van der Waals surface area contributed by atoms with Crippen LogP contribution in [-0.4, -0.2) is 41.0 Å². The van der Waals surface area contributed by atoms with Crippen LogP contribution in [0.5, 0.6) is 0 Å². The molecule has 14 heavy (non-hydrogen) atoms. The minimum absolute atomic E-state index is 0.463. The standard InChI is InChI=1S/C11H23NOS/c1-4-12(7-10(2,3)13)8-11(9-14)5-6-11/h13-14H,4-9H2,1-3H3. The number of aliphatic hydroxyl groups is 1. The van der Waals surface area contributed by atoms with Crippen molar-refractivity contribution in [3.05, 3.63) is 0 Å². The SMILES string of the molecule is CCN(CC(C)(C)O)CC1(CS)CC1. The maximum Gasteiger partial charge on any atom is 0.0718 e. The molecule has 3 heteroatoms. The van der Waals surface area contributed by atoms with Crippen LogP contribution >= 0.6 is 12.6 Å². The molecule has 0 atom stereocenters. The Morgan fingerprint density at radius 3 is 2.29 bits per heavy atom. The van der Waals surface area contributed by atoms with Gasteiger partial charge in [0, 0.05) is 13.1 Å². The molecule has 0 amide bonds. The Bertz CT molecular complexity index is 184. The van der Waals surface area contributed by atoms with Gasteiger partial charge in [-0.15, -0.1) is 0 Å². The predicted molar refractivity (Wildman–Crippen MR) is 63.9 cm³/mol. The molecule has 0 spiro atoms. The number of rotatable bonds is 6. The largest absolute Gasteiger partial charge is 0.389 e. The van der Waals surface area contributed by atoms with Crippen LogP contribution in [0, 0.1) is 5.41 Å². The molecule has 1 fully saturated rings. The highest BCUT2D eigenvalue weighted by atomic mass is 32.1. The van der Waals surface area contributed by atoms with Gasteiger partial charge in [-0.25, -0.2) is 0 Å². The summed E-state index contributed by atoms with van der Waals surface area (Å²) in [7, 11) is 0. The third-order valence-electron chi connectivity index (χ3n) is 2.91. The second-order valence-corrected chi connectivity index (χ2v) is 5.59. The van der Waals surface area contributed by atoms with Gasteiger partial charge in [-0.05, 0) is 44.4 Å². The Morgan fingerprint density at radius 1 is 1.43 bits per heavy atom. The van der Waals surface area contributed by atoms with E-state index in [0.717, 1.165) is 25.4 Å². The van der Waals surface area contributed by atoms with Gasteiger partial charge >= 0.3 is 0 Å². The van der Waals surface area contributed by atoms with E-state index in [1.165, 1.54) is 12.8 Å². The fourth-order valence-corrected chi connectivity index (χ4v) is 2.26. The number of hydrogen-bond donors (Lipinski definition) is 2. The molecule has 0 saturated heterocycles. The molecule has 2 nitrogen and oxygen atoms in total. The van der Waals surface area contributed by atoms with E-state index in [2.05, 4.69) is 24.5 Å². The van der Waals surface area contributed by atoms with Gasteiger partial charge in [0.15, 0.2) is 0 Å². The van der Waals surface area contributed by atoms with Gasteiger partial charge in [-0.2, -0.15) is 12.6 Å². The summed E-state index contributed by atoms with van der Waals surface area (Å²) in [4.78, 5) is 2.34. The Hall–Kier alpha value is 0.270.